The molecular weight excluding hydrogens is 148 g/mol. The third-order valence-electron chi connectivity index (χ3n) is 3.19. The fraction of sp³-hybridized carbons (Fsp3) is 0.909. The summed E-state index contributed by atoms with van der Waals surface area (Å²) >= 11 is 0. The van der Waals surface area contributed by atoms with Gasteiger partial charge in [0.1, 0.15) is 5.78 Å². The molecule has 1 rings (SSSR count). The zero-order chi connectivity index (χ0) is 9.14. The first-order valence-corrected chi connectivity index (χ1v) is 5.19. The topological polar surface area (TPSA) is 17.1 Å². The van der Waals surface area contributed by atoms with Crippen LogP contribution in [0.2, 0.25) is 0 Å². The van der Waals surface area contributed by atoms with Crippen molar-refractivity contribution >= 4 is 5.78 Å². The molecule has 1 aliphatic rings. The molecule has 1 saturated carbocycles. The lowest BCUT2D eigenvalue weighted by Crippen LogP contribution is -2.21. The second kappa shape index (κ2) is 4.06. The monoisotopic (exact) mass is 168 g/mol. The molecule has 1 heteroatoms. The van der Waals surface area contributed by atoms with Crippen molar-refractivity contribution in [2.24, 2.45) is 17.8 Å². The van der Waals surface area contributed by atoms with Gasteiger partial charge in [0.05, 0.1) is 0 Å². The van der Waals surface area contributed by atoms with Gasteiger partial charge in [0.2, 0.25) is 0 Å². The molecular formula is C11H20O. The van der Waals surface area contributed by atoms with Gasteiger partial charge >= 0.3 is 0 Å². The van der Waals surface area contributed by atoms with Gasteiger partial charge in [-0.25, -0.2) is 0 Å². The molecule has 0 bridgehead atoms. The summed E-state index contributed by atoms with van der Waals surface area (Å²) in [5.74, 6) is 2.15. The molecule has 0 amide bonds. The summed E-state index contributed by atoms with van der Waals surface area (Å²) in [7, 11) is 0. The molecule has 0 spiro atoms. The first-order chi connectivity index (χ1) is 5.66. The molecule has 70 valence electrons. The lowest BCUT2D eigenvalue weighted by Gasteiger charge is -2.21. The molecule has 0 N–H and O–H groups in total. The van der Waals surface area contributed by atoms with Crippen molar-refractivity contribution in [2.75, 3.05) is 0 Å². The van der Waals surface area contributed by atoms with Crippen LogP contribution in [0.4, 0.5) is 0 Å². The third-order valence-corrected chi connectivity index (χ3v) is 3.19. The van der Waals surface area contributed by atoms with E-state index in [0.717, 1.165) is 12.8 Å². The van der Waals surface area contributed by atoms with Gasteiger partial charge in [0.15, 0.2) is 0 Å². The number of hydrogen-bond donors (Lipinski definition) is 0. The minimum Gasteiger partial charge on any atom is -0.299 e. The Labute approximate surface area is 75.5 Å². The van der Waals surface area contributed by atoms with Crippen LogP contribution >= 0.6 is 0 Å². The van der Waals surface area contributed by atoms with E-state index in [-0.39, 0.29) is 0 Å². The van der Waals surface area contributed by atoms with E-state index in [9.17, 15) is 4.79 Å². The molecule has 0 aromatic heterocycles. The van der Waals surface area contributed by atoms with Gasteiger partial charge in [0, 0.05) is 12.3 Å². The maximum absolute atomic E-state index is 11.5. The normalized spacial score (nSPS) is 32.4. The predicted octanol–water partition coefficient (Wildman–Crippen LogP) is 3.04. The molecule has 1 aliphatic carbocycles. The van der Waals surface area contributed by atoms with Gasteiger partial charge in [0.25, 0.3) is 0 Å². The number of Topliss-reactive ketones (excluding diaryl/α,β-unsaturated/α-hetero) is 1. The van der Waals surface area contributed by atoms with E-state index < -0.39 is 0 Å². The molecule has 0 aromatic carbocycles. The molecule has 0 heterocycles. The number of carbonyl (C=O) groups excluding carboxylic acids is 1. The minimum absolute atomic E-state index is 0.380. The standard InChI is InChI=1S/C11H20O/c1-4-5-8(2)11-9(3)6-7-10(11)12/h8-9,11H,4-7H2,1-3H3/t8-,9-,11+/m0/s1. The highest BCUT2D eigenvalue weighted by molar-refractivity contribution is 5.83. The largest absolute Gasteiger partial charge is 0.299 e. The average molecular weight is 168 g/mol. The predicted molar refractivity (Wildman–Crippen MR) is 51.0 cm³/mol. The Kier molecular flexibility index (Phi) is 3.30. The quantitative estimate of drug-likeness (QED) is 0.633. The van der Waals surface area contributed by atoms with Gasteiger partial charge in [-0.3, -0.25) is 4.79 Å². The summed E-state index contributed by atoms with van der Waals surface area (Å²) in [5, 5.41) is 0. The maximum Gasteiger partial charge on any atom is 0.136 e. The van der Waals surface area contributed by atoms with E-state index in [2.05, 4.69) is 20.8 Å². The Balaban J connectivity index is 2.53. The van der Waals surface area contributed by atoms with Gasteiger partial charge < -0.3 is 0 Å². The van der Waals surface area contributed by atoms with Gasteiger partial charge in [-0.2, -0.15) is 0 Å². The minimum atomic E-state index is 0.380. The van der Waals surface area contributed by atoms with Crippen LogP contribution < -0.4 is 0 Å². The van der Waals surface area contributed by atoms with Crippen LogP contribution in [0.3, 0.4) is 0 Å². The second-order valence-corrected chi connectivity index (χ2v) is 4.27. The van der Waals surface area contributed by atoms with Crippen LogP contribution in [0.5, 0.6) is 0 Å². The summed E-state index contributed by atoms with van der Waals surface area (Å²) in [5.41, 5.74) is 0. The van der Waals surface area contributed by atoms with Crippen molar-refractivity contribution in [1.82, 2.24) is 0 Å². The van der Waals surface area contributed by atoms with Crippen LogP contribution in [-0.2, 0) is 4.79 Å². The van der Waals surface area contributed by atoms with Crippen LogP contribution in [0.15, 0.2) is 0 Å². The van der Waals surface area contributed by atoms with E-state index in [4.69, 9.17) is 0 Å². The second-order valence-electron chi connectivity index (χ2n) is 4.27. The molecule has 12 heavy (non-hydrogen) atoms. The summed E-state index contributed by atoms with van der Waals surface area (Å²) in [6.45, 7) is 6.65. The maximum atomic E-state index is 11.5. The van der Waals surface area contributed by atoms with Crippen molar-refractivity contribution in [3.05, 3.63) is 0 Å². The highest BCUT2D eigenvalue weighted by atomic mass is 16.1. The van der Waals surface area contributed by atoms with Crippen LogP contribution in [-0.4, -0.2) is 5.78 Å². The summed E-state index contributed by atoms with van der Waals surface area (Å²) in [6.07, 6.45) is 4.37. The highest BCUT2D eigenvalue weighted by Gasteiger charge is 2.34. The zero-order valence-electron chi connectivity index (χ0n) is 8.47. The molecule has 0 aromatic rings. The first kappa shape index (κ1) is 9.76. The van der Waals surface area contributed by atoms with E-state index in [1.165, 1.54) is 12.8 Å². The van der Waals surface area contributed by atoms with E-state index in [1.807, 2.05) is 0 Å². The Morgan fingerprint density at radius 1 is 1.58 bits per heavy atom. The Morgan fingerprint density at radius 2 is 2.25 bits per heavy atom. The Bertz CT molecular complexity index is 162. The highest BCUT2D eigenvalue weighted by Crippen LogP contribution is 2.35. The van der Waals surface area contributed by atoms with Crippen LogP contribution in [0.25, 0.3) is 0 Å². The molecule has 0 aliphatic heterocycles. The lowest BCUT2D eigenvalue weighted by atomic mass is 9.83. The van der Waals surface area contributed by atoms with E-state index >= 15 is 0 Å². The van der Waals surface area contributed by atoms with Crippen LogP contribution in [0.1, 0.15) is 46.5 Å². The third kappa shape index (κ3) is 1.88. The smallest absolute Gasteiger partial charge is 0.136 e. The number of carbonyl (C=O) groups is 1. The summed E-state index contributed by atoms with van der Waals surface area (Å²) in [6, 6.07) is 0. The van der Waals surface area contributed by atoms with Crippen molar-refractivity contribution in [3.8, 4) is 0 Å². The zero-order valence-corrected chi connectivity index (χ0v) is 8.47. The average Bonchev–Trinajstić information content (AvgIpc) is 2.32. The number of rotatable bonds is 3. The fourth-order valence-corrected chi connectivity index (χ4v) is 2.55. The Morgan fingerprint density at radius 3 is 2.67 bits per heavy atom. The van der Waals surface area contributed by atoms with Crippen molar-refractivity contribution in [3.63, 3.8) is 0 Å². The van der Waals surface area contributed by atoms with Gasteiger partial charge in [-0.15, -0.1) is 0 Å². The molecule has 0 radical (unpaired) electrons. The molecule has 1 nitrogen and oxygen atoms in total. The summed E-state index contributed by atoms with van der Waals surface area (Å²) in [4.78, 5) is 11.5. The first-order valence-electron chi connectivity index (χ1n) is 5.19. The fourth-order valence-electron chi connectivity index (χ4n) is 2.55. The molecule has 0 saturated heterocycles. The summed E-state index contributed by atoms with van der Waals surface area (Å²) < 4.78 is 0. The van der Waals surface area contributed by atoms with E-state index in [0.29, 0.717) is 23.5 Å². The van der Waals surface area contributed by atoms with Gasteiger partial charge in [-0.1, -0.05) is 33.6 Å². The molecule has 0 unspecified atom stereocenters. The number of hydrogen-bond acceptors (Lipinski definition) is 1. The molecule has 1 fully saturated rings. The lowest BCUT2D eigenvalue weighted by molar-refractivity contribution is -0.122. The van der Waals surface area contributed by atoms with E-state index in [1.54, 1.807) is 0 Å². The van der Waals surface area contributed by atoms with Crippen molar-refractivity contribution < 1.29 is 4.79 Å². The van der Waals surface area contributed by atoms with Crippen molar-refractivity contribution in [2.45, 2.75) is 46.5 Å². The van der Waals surface area contributed by atoms with Gasteiger partial charge in [-0.05, 0) is 18.3 Å². The number of ketones is 1. The molecule has 3 atom stereocenters. The van der Waals surface area contributed by atoms with Crippen LogP contribution in [0, 0.1) is 17.8 Å². The Hall–Kier alpha value is -0.330. The SMILES string of the molecule is CCC[C@H](C)[C@H]1C(=O)CC[C@@H]1C. The van der Waals surface area contributed by atoms with Crippen molar-refractivity contribution in [1.29, 1.82) is 0 Å².